The SMILES string of the molecule is Cc1cnccc1C(c1cc2ccccc2s1)N1CCNCC1. The Morgan fingerprint density at radius 3 is 2.78 bits per heavy atom. The number of benzene rings is 1. The van der Waals surface area contributed by atoms with E-state index < -0.39 is 0 Å². The van der Waals surface area contributed by atoms with Gasteiger partial charge in [-0.2, -0.15) is 0 Å². The summed E-state index contributed by atoms with van der Waals surface area (Å²) in [6.07, 6.45) is 3.91. The summed E-state index contributed by atoms with van der Waals surface area (Å²) < 4.78 is 1.37. The van der Waals surface area contributed by atoms with Gasteiger partial charge >= 0.3 is 0 Å². The van der Waals surface area contributed by atoms with Crippen LogP contribution in [0.5, 0.6) is 0 Å². The Labute approximate surface area is 141 Å². The number of hydrogen-bond donors (Lipinski definition) is 1. The monoisotopic (exact) mass is 323 g/mol. The highest BCUT2D eigenvalue weighted by Gasteiger charge is 2.26. The summed E-state index contributed by atoms with van der Waals surface area (Å²) in [5.74, 6) is 0. The van der Waals surface area contributed by atoms with Crippen LogP contribution in [0.3, 0.4) is 0 Å². The highest BCUT2D eigenvalue weighted by molar-refractivity contribution is 7.19. The highest BCUT2D eigenvalue weighted by Crippen LogP contribution is 2.37. The molecule has 3 nitrogen and oxygen atoms in total. The van der Waals surface area contributed by atoms with E-state index in [2.05, 4.69) is 58.5 Å². The van der Waals surface area contributed by atoms with Crippen molar-refractivity contribution in [1.82, 2.24) is 15.2 Å². The quantitative estimate of drug-likeness (QED) is 0.798. The average Bonchev–Trinajstić information content (AvgIpc) is 3.01. The molecule has 1 N–H and O–H groups in total. The predicted molar refractivity (Wildman–Crippen MR) is 97.1 cm³/mol. The number of aryl methyl sites for hydroxylation is 1. The van der Waals surface area contributed by atoms with Gasteiger partial charge < -0.3 is 5.32 Å². The lowest BCUT2D eigenvalue weighted by atomic mass is 9.99. The van der Waals surface area contributed by atoms with Gasteiger partial charge in [-0.25, -0.2) is 0 Å². The smallest absolute Gasteiger partial charge is 0.0701 e. The van der Waals surface area contributed by atoms with Gasteiger partial charge in [0.2, 0.25) is 0 Å². The molecule has 0 bridgehead atoms. The molecular weight excluding hydrogens is 302 g/mol. The molecule has 23 heavy (non-hydrogen) atoms. The minimum absolute atomic E-state index is 0.331. The van der Waals surface area contributed by atoms with Gasteiger partial charge in [-0.3, -0.25) is 9.88 Å². The number of pyridine rings is 1. The molecule has 2 aromatic heterocycles. The second-order valence-corrected chi connectivity index (χ2v) is 7.22. The summed E-state index contributed by atoms with van der Waals surface area (Å²) in [6, 6.07) is 13.6. The van der Waals surface area contributed by atoms with Crippen LogP contribution >= 0.6 is 11.3 Å². The number of nitrogens with zero attached hydrogens (tertiary/aromatic N) is 2. The van der Waals surface area contributed by atoms with Gasteiger partial charge in [-0.1, -0.05) is 18.2 Å². The van der Waals surface area contributed by atoms with Crippen LogP contribution in [0.1, 0.15) is 22.0 Å². The second kappa shape index (κ2) is 6.40. The third kappa shape index (κ3) is 2.90. The summed E-state index contributed by atoms with van der Waals surface area (Å²) in [4.78, 5) is 8.31. The minimum Gasteiger partial charge on any atom is -0.314 e. The van der Waals surface area contributed by atoms with Crippen LogP contribution in [0, 0.1) is 6.92 Å². The molecule has 118 valence electrons. The van der Waals surface area contributed by atoms with E-state index in [4.69, 9.17) is 0 Å². The number of piperazine rings is 1. The van der Waals surface area contributed by atoms with Gasteiger partial charge in [0, 0.05) is 48.1 Å². The molecule has 0 aliphatic carbocycles. The van der Waals surface area contributed by atoms with Crippen LogP contribution in [0.25, 0.3) is 10.1 Å². The molecule has 4 heteroatoms. The number of rotatable bonds is 3. The van der Waals surface area contributed by atoms with E-state index in [0.29, 0.717) is 6.04 Å². The van der Waals surface area contributed by atoms with Crippen molar-refractivity contribution < 1.29 is 0 Å². The first kappa shape index (κ1) is 14.8. The maximum Gasteiger partial charge on any atom is 0.0701 e. The van der Waals surface area contributed by atoms with Crippen molar-refractivity contribution in [2.75, 3.05) is 26.2 Å². The number of aromatic nitrogens is 1. The Morgan fingerprint density at radius 2 is 2.00 bits per heavy atom. The zero-order valence-electron chi connectivity index (χ0n) is 13.3. The van der Waals surface area contributed by atoms with E-state index in [1.165, 1.54) is 26.1 Å². The van der Waals surface area contributed by atoms with Gasteiger partial charge in [0.05, 0.1) is 6.04 Å². The lowest BCUT2D eigenvalue weighted by molar-refractivity contribution is 0.200. The van der Waals surface area contributed by atoms with E-state index in [-0.39, 0.29) is 0 Å². The summed E-state index contributed by atoms with van der Waals surface area (Å²) in [5, 5.41) is 4.81. The fraction of sp³-hybridized carbons (Fsp3) is 0.316. The highest BCUT2D eigenvalue weighted by atomic mass is 32.1. The summed E-state index contributed by atoms with van der Waals surface area (Å²) in [5.41, 5.74) is 2.65. The van der Waals surface area contributed by atoms with Crippen molar-refractivity contribution in [3.8, 4) is 0 Å². The topological polar surface area (TPSA) is 28.2 Å². The lowest BCUT2D eigenvalue weighted by Gasteiger charge is -2.35. The second-order valence-electron chi connectivity index (χ2n) is 6.11. The molecule has 1 aromatic carbocycles. The van der Waals surface area contributed by atoms with Gasteiger partial charge in [0.15, 0.2) is 0 Å². The van der Waals surface area contributed by atoms with Crippen molar-refractivity contribution in [3.05, 3.63) is 64.8 Å². The molecular formula is C19H21N3S. The average molecular weight is 323 g/mol. The van der Waals surface area contributed by atoms with Crippen LogP contribution in [0.2, 0.25) is 0 Å². The minimum atomic E-state index is 0.331. The molecule has 1 aliphatic heterocycles. The standard InChI is InChI=1S/C19H21N3S/c1-14-13-21-7-6-16(14)19(22-10-8-20-9-11-22)18-12-15-4-2-3-5-17(15)23-18/h2-7,12-13,19-20H,8-11H2,1H3. The molecule has 4 rings (SSSR count). The van der Waals surface area contributed by atoms with Crippen LogP contribution < -0.4 is 5.32 Å². The van der Waals surface area contributed by atoms with E-state index in [9.17, 15) is 0 Å². The van der Waals surface area contributed by atoms with Crippen molar-refractivity contribution in [1.29, 1.82) is 0 Å². The van der Waals surface area contributed by atoms with E-state index in [1.54, 1.807) is 0 Å². The fourth-order valence-corrected chi connectivity index (χ4v) is 4.62. The normalized spacial score (nSPS) is 17.4. The van der Waals surface area contributed by atoms with Crippen molar-refractivity contribution in [2.45, 2.75) is 13.0 Å². The predicted octanol–water partition coefficient (Wildman–Crippen LogP) is 3.60. The van der Waals surface area contributed by atoms with Gasteiger partial charge in [-0.15, -0.1) is 11.3 Å². The van der Waals surface area contributed by atoms with Gasteiger partial charge in [0.25, 0.3) is 0 Å². The van der Waals surface area contributed by atoms with Gasteiger partial charge in [0.1, 0.15) is 0 Å². The van der Waals surface area contributed by atoms with Crippen LogP contribution in [0.4, 0.5) is 0 Å². The van der Waals surface area contributed by atoms with Crippen LogP contribution in [-0.2, 0) is 0 Å². The van der Waals surface area contributed by atoms with Gasteiger partial charge in [-0.05, 0) is 41.6 Å². The fourth-order valence-electron chi connectivity index (χ4n) is 3.40. The maximum absolute atomic E-state index is 4.28. The Balaban J connectivity index is 1.82. The molecule has 0 saturated carbocycles. The third-order valence-electron chi connectivity index (χ3n) is 4.59. The van der Waals surface area contributed by atoms with Crippen LogP contribution in [0.15, 0.2) is 48.8 Å². The molecule has 1 unspecified atom stereocenters. The third-order valence-corrected chi connectivity index (χ3v) is 5.76. The summed E-state index contributed by atoms with van der Waals surface area (Å²) in [6.45, 7) is 6.46. The molecule has 0 radical (unpaired) electrons. The molecule has 3 heterocycles. The number of nitrogens with one attached hydrogen (secondary N) is 1. The zero-order chi connectivity index (χ0) is 15.6. The molecule has 1 saturated heterocycles. The maximum atomic E-state index is 4.28. The lowest BCUT2D eigenvalue weighted by Crippen LogP contribution is -2.45. The van der Waals surface area contributed by atoms with E-state index >= 15 is 0 Å². The molecule has 1 atom stereocenters. The number of hydrogen-bond acceptors (Lipinski definition) is 4. The summed E-state index contributed by atoms with van der Waals surface area (Å²) >= 11 is 1.92. The van der Waals surface area contributed by atoms with E-state index in [0.717, 1.165) is 26.2 Å². The summed E-state index contributed by atoms with van der Waals surface area (Å²) in [7, 11) is 0. The van der Waals surface area contributed by atoms with Crippen molar-refractivity contribution in [2.24, 2.45) is 0 Å². The van der Waals surface area contributed by atoms with Crippen molar-refractivity contribution in [3.63, 3.8) is 0 Å². The molecule has 1 aliphatic rings. The molecule has 0 amide bonds. The first-order valence-corrected chi connectivity index (χ1v) is 8.98. The number of fused-ring (bicyclic) bond motifs is 1. The largest absolute Gasteiger partial charge is 0.314 e. The Hall–Kier alpha value is -1.75. The first-order chi connectivity index (χ1) is 11.3. The Kier molecular flexibility index (Phi) is 4.12. The Morgan fingerprint density at radius 1 is 1.17 bits per heavy atom. The Bertz CT molecular complexity index is 772. The van der Waals surface area contributed by atoms with E-state index in [1.807, 2.05) is 23.7 Å². The molecule has 0 spiro atoms. The first-order valence-electron chi connectivity index (χ1n) is 8.17. The van der Waals surface area contributed by atoms with Crippen LogP contribution in [-0.4, -0.2) is 36.1 Å². The van der Waals surface area contributed by atoms with Crippen molar-refractivity contribution >= 4 is 21.4 Å². The molecule has 1 fully saturated rings. The zero-order valence-corrected chi connectivity index (χ0v) is 14.1. The number of thiophene rings is 1. The molecule has 3 aromatic rings.